The third-order valence-corrected chi connectivity index (χ3v) is 5.50. The lowest BCUT2D eigenvalue weighted by Gasteiger charge is -2.32. The van der Waals surface area contributed by atoms with Gasteiger partial charge in [-0.05, 0) is 38.5 Å². The number of para-hydroxylation sites is 1. The van der Waals surface area contributed by atoms with E-state index in [0.29, 0.717) is 13.1 Å². The van der Waals surface area contributed by atoms with Crippen LogP contribution in [-0.4, -0.2) is 43.3 Å². The number of ether oxygens (including phenoxy) is 1. The van der Waals surface area contributed by atoms with E-state index in [1.807, 2.05) is 24.4 Å². The van der Waals surface area contributed by atoms with Crippen LogP contribution in [0.25, 0.3) is 11.0 Å². The molecule has 0 aliphatic carbocycles. The van der Waals surface area contributed by atoms with Gasteiger partial charge in [-0.15, -0.1) is 0 Å². The molecule has 7 heteroatoms. The van der Waals surface area contributed by atoms with Gasteiger partial charge in [0.1, 0.15) is 17.2 Å². The van der Waals surface area contributed by atoms with E-state index in [0.717, 1.165) is 65.9 Å². The van der Waals surface area contributed by atoms with Gasteiger partial charge in [-0.2, -0.15) is 0 Å². The van der Waals surface area contributed by atoms with E-state index >= 15 is 0 Å². The van der Waals surface area contributed by atoms with Crippen LogP contribution in [0.4, 0.5) is 5.82 Å². The maximum Gasteiger partial charge on any atom is 0.191 e. The Bertz CT molecular complexity index is 1030. The lowest BCUT2D eigenvalue weighted by molar-refractivity contribution is 0.0529. The Balaban J connectivity index is 1.38. The first-order valence-electron chi connectivity index (χ1n) is 10.9. The molecule has 0 bridgehead atoms. The Labute approximate surface area is 183 Å². The van der Waals surface area contributed by atoms with Gasteiger partial charge in [0.15, 0.2) is 5.96 Å². The smallest absolute Gasteiger partial charge is 0.191 e. The Kier molecular flexibility index (Phi) is 6.72. The van der Waals surface area contributed by atoms with Crippen LogP contribution in [0.1, 0.15) is 30.7 Å². The fourth-order valence-electron chi connectivity index (χ4n) is 3.79. The second-order valence-electron chi connectivity index (χ2n) is 7.85. The third-order valence-electron chi connectivity index (χ3n) is 5.50. The number of hydrogen-bond acceptors (Lipinski definition) is 5. The highest BCUT2D eigenvalue weighted by Crippen LogP contribution is 2.24. The zero-order valence-electron chi connectivity index (χ0n) is 18.5. The van der Waals surface area contributed by atoms with Gasteiger partial charge < -0.3 is 24.7 Å². The summed E-state index contributed by atoms with van der Waals surface area (Å²) in [6, 6.07) is 12.3. The van der Waals surface area contributed by atoms with Crippen LogP contribution in [0.2, 0.25) is 0 Å². The van der Waals surface area contributed by atoms with Gasteiger partial charge in [-0.25, -0.2) is 9.98 Å². The average Bonchev–Trinajstić information content (AvgIpc) is 3.12. The van der Waals surface area contributed by atoms with Gasteiger partial charge in [0.05, 0.1) is 25.8 Å². The number of nitrogens with one attached hydrogen (secondary N) is 2. The first-order valence-corrected chi connectivity index (χ1v) is 10.9. The molecule has 0 amide bonds. The zero-order chi connectivity index (χ0) is 21.6. The van der Waals surface area contributed by atoms with Crippen LogP contribution in [0.3, 0.4) is 0 Å². The summed E-state index contributed by atoms with van der Waals surface area (Å²) in [5, 5.41) is 7.83. The SMILES string of the molecule is CCNC(=NCc1ccc(N2CCOC(C)C2)nc1)NCc1oc2ccccc2c1C. The molecule has 1 fully saturated rings. The number of guanidine groups is 1. The molecule has 1 aliphatic rings. The van der Waals surface area contributed by atoms with Gasteiger partial charge in [0.25, 0.3) is 0 Å². The zero-order valence-corrected chi connectivity index (χ0v) is 18.5. The summed E-state index contributed by atoms with van der Waals surface area (Å²) in [5.41, 5.74) is 3.15. The Morgan fingerprint density at radius 3 is 2.84 bits per heavy atom. The largest absolute Gasteiger partial charge is 0.459 e. The number of pyridine rings is 1. The summed E-state index contributed by atoms with van der Waals surface area (Å²) in [6.07, 6.45) is 2.15. The number of aromatic nitrogens is 1. The molecule has 1 aromatic carbocycles. The molecule has 2 N–H and O–H groups in total. The second-order valence-corrected chi connectivity index (χ2v) is 7.85. The van der Waals surface area contributed by atoms with Crippen molar-refractivity contribution >= 4 is 22.7 Å². The predicted octanol–water partition coefficient (Wildman–Crippen LogP) is 3.62. The fourth-order valence-corrected chi connectivity index (χ4v) is 3.79. The minimum absolute atomic E-state index is 0.240. The molecule has 3 heterocycles. The molecule has 0 radical (unpaired) electrons. The normalized spacial score (nSPS) is 17.2. The highest BCUT2D eigenvalue weighted by atomic mass is 16.5. The van der Waals surface area contributed by atoms with Crippen LogP contribution in [0.5, 0.6) is 0 Å². The Morgan fingerprint density at radius 1 is 1.23 bits per heavy atom. The molecule has 0 spiro atoms. The first-order chi connectivity index (χ1) is 15.1. The summed E-state index contributed by atoms with van der Waals surface area (Å²) in [7, 11) is 0. The molecular weight excluding hydrogens is 390 g/mol. The number of fused-ring (bicyclic) bond motifs is 1. The van der Waals surface area contributed by atoms with Crippen LogP contribution < -0.4 is 15.5 Å². The monoisotopic (exact) mass is 421 g/mol. The van der Waals surface area contributed by atoms with Crippen molar-refractivity contribution in [2.24, 2.45) is 4.99 Å². The molecule has 7 nitrogen and oxygen atoms in total. The molecule has 0 saturated carbocycles. The van der Waals surface area contributed by atoms with Crippen molar-refractivity contribution < 1.29 is 9.15 Å². The van der Waals surface area contributed by atoms with Crippen molar-refractivity contribution in [3.05, 3.63) is 59.5 Å². The van der Waals surface area contributed by atoms with E-state index in [4.69, 9.17) is 14.1 Å². The van der Waals surface area contributed by atoms with Crippen LogP contribution in [0, 0.1) is 6.92 Å². The number of aliphatic imine (C=N–C) groups is 1. The molecule has 1 atom stereocenters. The van der Waals surface area contributed by atoms with E-state index in [-0.39, 0.29) is 6.10 Å². The summed E-state index contributed by atoms with van der Waals surface area (Å²) in [6.45, 7) is 10.7. The van der Waals surface area contributed by atoms with Crippen LogP contribution in [-0.2, 0) is 17.8 Å². The topological polar surface area (TPSA) is 74.9 Å². The number of nitrogens with zero attached hydrogens (tertiary/aromatic N) is 3. The fraction of sp³-hybridized carbons (Fsp3) is 0.417. The first kappa shape index (κ1) is 21.2. The molecule has 2 aromatic heterocycles. The molecule has 31 heavy (non-hydrogen) atoms. The minimum Gasteiger partial charge on any atom is -0.459 e. The highest BCUT2D eigenvalue weighted by molar-refractivity contribution is 5.83. The van der Waals surface area contributed by atoms with Gasteiger partial charge in [0, 0.05) is 36.8 Å². The summed E-state index contributed by atoms with van der Waals surface area (Å²) >= 11 is 0. The molecular formula is C24H31N5O2. The number of rotatable bonds is 6. The Hall–Kier alpha value is -3.06. The number of aryl methyl sites for hydroxylation is 1. The maximum absolute atomic E-state index is 6.00. The number of benzene rings is 1. The van der Waals surface area contributed by atoms with E-state index in [9.17, 15) is 0 Å². The number of furan rings is 1. The predicted molar refractivity (Wildman–Crippen MR) is 124 cm³/mol. The lowest BCUT2D eigenvalue weighted by atomic mass is 10.1. The van der Waals surface area contributed by atoms with Crippen molar-refractivity contribution in [1.82, 2.24) is 15.6 Å². The van der Waals surface area contributed by atoms with Gasteiger partial charge in [0.2, 0.25) is 0 Å². The number of morpholine rings is 1. The Morgan fingerprint density at radius 2 is 2.10 bits per heavy atom. The van der Waals surface area contributed by atoms with E-state index in [1.54, 1.807) is 0 Å². The third kappa shape index (κ3) is 5.17. The van der Waals surface area contributed by atoms with Crippen LogP contribution >= 0.6 is 0 Å². The van der Waals surface area contributed by atoms with Crippen LogP contribution in [0.15, 0.2) is 52.0 Å². The second kappa shape index (κ2) is 9.83. The van der Waals surface area contributed by atoms with Gasteiger partial charge >= 0.3 is 0 Å². The van der Waals surface area contributed by atoms with E-state index < -0.39 is 0 Å². The summed E-state index contributed by atoms with van der Waals surface area (Å²) in [4.78, 5) is 11.6. The standard InChI is InChI=1S/C24H31N5O2/c1-4-25-24(28-15-22-18(3)20-7-5-6-8-21(20)31-22)27-14-19-9-10-23(26-13-19)29-11-12-30-17(2)16-29/h5-10,13,17H,4,11-12,14-16H2,1-3H3,(H2,25,27,28). The molecule has 164 valence electrons. The minimum atomic E-state index is 0.240. The molecule has 1 saturated heterocycles. The summed E-state index contributed by atoms with van der Waals surface area (Å²) in [5.74, 6) is 2.68. The van der Waals surface area contributed by atoms with Gasteiger partial charge in [-0.3, -0.25) is 0 Å². The van der Waals surface area contributed by atoms with Crippen molar-refractivity contribution in [3.63, 3.8) is 0 Å². The quantitative estimate of drug-likeness (QED) is 0.468. The molecule has 4 rings (SSSR count). The number of anilines is 1. The molecule has 1 aliphatic heterocycles. The van der Waals surface area contributed by atoms with Crippen molar-refractivity contribution in [1.29, 1.82) is 0 Å². The van der Waals surface area contributed by atoms with Crippen molar-refractivity contribution in [2.45, 2.75) is 40.0 Å². The van der Waals surface area contributed by atoms with E-state index in [1.165, 1.54) is 0 Å². The highest BCUT2D eigenvalue weighted by Gasteiger charge is 2.17. The van der Waals surface area contributed by atoms with Crippen molar-refractivity contribution in [2.75, 3.05) is 31.1 Å². The van der Waals surface area contributed by atoms with Gasteiger partial charge in [-0.1, -0.05) is 24.3 Å². The van der Waals surface area contributed by atoms with E-state index in [2.05, 4.69) is 59.5 Å². The van der Waals surface area contributed by atoms with Crippen molar-refractivity contribution in [3.8, 4) is 0 Å². The molecule has 3 aromatic rings. The summed E-state index contributed by atoms with van der Waals surface area (Å²) < 4.78 is 11.6. The lowest BCUT2D eigenvalue weighted by Crippen LogP contribution is -2.41. The maximum atomic E-state index is 6.00. The average molecular weight is 422 g/mol. The number of hydrogen-bond donors (Lipinski definition) is 2. The molecule has 1 unspecified atom stereocenters.